The van der Waals surface area contributed by atoms with Crippen molar-refractivity contribution in [2.75, 3.05) is 13.6 Å². The fraction of sp³-hybridized carbons (Fsp3) is 0.429. The van der Waals surface area contributed by atoms with E-state index in [1.54, 1.807) is 7.05 Å². The van der Waals surface area contributed by atoms with Crippen molar-refractivity contribution in [3.63, 3.8) is 0 Å². The molecule has 0 aromatic heterocycles. The first-order valence-electron chi connectivity index (χ1n) is 6.55. The lowest BCUT2D eigenvalue weighted by Crippen LogP contribution is -2.51. The molecule has 1 heterocycles. The van der Waals surface area contributed by atoms with Crippen molar-refractivity contribution >= 4 is 23.4 Å². The minimum atomic E-state index is -0.473. The first-order chi connectivity index (χ1) is 9.54. The molecule has 5 nitrogen and oxygen atoms in total. The van der Waals surface area contributed by atoms with Crippen LogP contribution in [0, 0.1) is 0 Å². The molecule has 2 amide bonds. The van der Waals surface area contributed by atoms with Gasteiger partial charge in [-0.1, -0.05) is 11.6 Å². The van der Waals surface area contributed by atoms with Crippen LogP contribution in [0.1, 0.15) is 29.6 Å². The number of phenolic OH excluding ortho intramolecular Hbond substituents is 1. The van der Waals surface area contributed by atoms with E-state index in [1.165, 1.54) is 23.1 Å². The molecule has 6 heteroatoms. The van der Waals surface area contributed by atoms with E-state index in [9.17, 15) is 14.7 Å². The number of carbonyl (C=O) groups is 2. The van der Waals surface area contributed by atoms with Crippen LogP contribution >= 0.6 is 11.6 Å². The molecule has 2 N–H and O–H groups in total. The zero-order chi connectivity index (χ0) is 14.7. The number of carbonyl (C=O) groups excluding carboxylic acids is 2. The number of halogens is 1. The second-order valence-corrected chi connectivity index (χ2v) is 5.20. The molecule has 0 bridgehead atoms. The van der Waals surface area contributed by atoms with Crippen LogP contribution in [-0.4, -0.2) is 41.5 Å². The van der Waals surface area contributed by atoms with Gasteiger partial charge in [0.15, 0.2) is 0 Å². The predicted octanol–water partition coefficient (Wildman–Crippen LogP) is 1.79. The Balaban J connectivity index is 2.30. The maximum atomic E-state index is 12.6. The number of hydrogen-bond donors (Lipinski definition) is 2. The number of likely N-dealkylation sites (tertiary alicyclic amines) is 1. The number of aromatic hydroxyl groups is 1. The van der Waals surface area contributed by atoms with E-state index in [-0.39, 0.29) is 28.1 Å². The van der Waals surface area contributed by atoms with Crippen molar-refractivity contribution in [2.24, 2.45) is 0 Å². The summed E-state index contributed by atoms with van der Waals surface area (Å²) in [6.45, 7) is 0.517. The third-order valence-electron chi connectivity index (χ3n) is 3.49. The summed E-state index contributed by atoms with van der Waals surface area (Å²) in [4.78, 5) is 26.0. The van der Waals surface area contributed by atoms with E-state index < -0.39 is 6.04 Å². The lowest BCUT2D eigenvalue weighted by Gasteiger charge is -2.34. The van der Waals surface area contributed by atoms with Crippen LogP contribution < -0.4 is 5.32 Å². The summed E-state index contributed by atoms with van der Waals surface area (Å²) in [5, 5.41) is 12.4. The second-order valence-electron chi connectivity index (χ2n) is 4.79. The van der Waals surface area contributed by atoms with Gasteiger partial charge in [-0.15, -0.1) is 0 Å². The Bertz CT molecular complexity index is 533. The van der Waals surface area contributed by atoms with Crippen LogP contribution in [0.3, 0.4) is 0 Å². The smallest absolute Gasteiger partial charge is 0.256 e. The number of piperidine rings is 1. The third-order valence-corrected chi connectivity index (χ3v) is 3.82. The Morgan fingerprint density at radius 2 is 2.15 bits per heavy atom. The van der Waals surface area contributed by atoms with Crippen LogP contribution in [0.2, 0.25) is 5.02 Å². The molecule has 1 aliphatic heterocycles. The topological polar surface area (TPSA) is 69.6 Å². The normalized spacial score (nSPS) is 18.7. The van der Waals surface area contributed by atoms with Gasteiger partial charge in [0.05, 0.1) is 10.6 Å². The number of rotatable bonds is 2. The zero-order valence-electron chi connectivity index (χ0n) is 11.2. The number of amides is 2. The molecule has 1 aromatic carbocycles. The standard InChI is InChI=1S/C14H17ClN2O3/c1-16-13(19)12-4-2-3-7-17(12)14(20)10-8-9(18)5-6-11(10)15/h5-6,8,12,18H,2-4,7H2,1H3,(H,16,19). The van der Waals surface area contributed by atoms with Gasteiger partial charge in [-0.05, 0) is 37.5 Å². The van der Waals surface area contributed by atoms with Crippen molar-refractivity contribution < 1.29 is 14.7 Å². The summed E-state index contributed by atoms with van der Waals surface area (Å²) in [5.74, 6) is -0.514. The van der Waals surface area contributed by atoms with E-state index in [4.69, 9.17) is 11.6 Å². The molecule has 108 valence electrons. The number of nitrogens with one attached hydrogen (secondary N) is 1. The van der Waals surface area contributed by atoms with Gasteiger partial charge < -0.3 is 15.3 Å². The molecule has 2 rings (SSSR count). The molecule has 0 radical (unpaired) electrons. The molecular formula is C14H17ClN2O3. The van der Waals surface area contributed by atoms with Crippen LogP contribution in [0.4, 0.5) is 0 Å². The first kappa shape index (κ1) is 14.7. The average Bonchev–Trinajstić information content (AvgIpc) is 2.48. The van der Waals surface area contributed by atoms with Crippen LogP contribution in [0.15, 0.2) is 18.2 Å². The summed E-state index contributed by atoms with van der Waals surface area (Å²) >= 11 is 6.01. The maximum Gasteiger partial charge on any atom is 0.256 e. The van der Waals surface area contributed by atoms with Gasteiger partial charge in [0.2, 0.25) is 5.91 Å². The van der Waals surface area contributed by atoms with Crippen LogP contribution in [-0.2, 0) is 4.79 Å². The predicted molar refractivity (Wildman–Crippen MR) is 75.9 cm³/mol. The molecule has 1 saturated heterocycles. The second kappa shape index (κ2) is 6.13. The van der Waals surface area contributed by atoms with E-state index >= 15 is 0 Å². The molecule has 1 atom stereocenters. The summed E-state index contributed by atoms with van der Waals surface area (Å²) in [7, 11) is 1.56. The molecule has 20 heavy (non-hydrogen) atoms. The SMILES string of the molecule is CNC(=O)C1CCCCN1C(=O)c1cc(O)ccc1Cl. The van der Waals surface area contributed by atoms with Crippen molar-refractivity contribution in [3.05, 3.63) is 28.8 Å². The monoisotopic (exact) mass is 296 g/mol. The summed E-state index contributed by atoms with van der Waals surface area (Å²) in [6.07, 6.45) is 2.41. The minimum absolute atomic E-state index is 0.0220. The Labute approximate surface area is 122 Å². The molecule has 1 fully saturated rings. The number of likely N-dealkylation sites (N-methyl/N-ethyl adjacent to an activating group) is 1. The highest BCUT2D eigenvalue weighted by Crippen LogP contribution is 2.26. The van der Waals surface area contributed by atoms with E-state index in [0.29, 0.717) is 13.0 Å². The number of nitrogens with zero attached hydrogens (tertiary/aromatic N) is 1. The summed E-state index contributed by atoms with van der Waals surface area (Å²) in [5.41, 5.74) is 0.225. The summed E-state index contributed by atoms with van der Waals surface area (Å²) in [6, 6.07) is 3.76. The van der Waals surface area contributed by atoms with E-state index in [0.717, 1.165) is 12.8 Å². The molecule has 1 aromatic rings. The number of phenols is 1. The van der Waals surface area contributed by atoms with Gasteiger partial charge in [0.1, 0.15) is 11.8 Å². The molecule has 0 aliphatic carbocycles. The Morgan fingerprint density at radius 1 is 1.40 bits per heavy atom. The highest BCUT2D eigenvalue weighted by Gasteiger charge is 2.32. The van der Waals surface area contributed by atoms with Gasteiger partial charge in [-0.3, -0.25) is 9.59 Å². The Morgan fingerprint density at radius 3 is 2.85 bits per heavy atom. The first-order valence-corrected chi connectivity index (χ1v) is 6.93. The lowest BCUT2D eigenvalue weighted by atomic mass is 10.00. The van der Waals surface area contributed by atoms with Gasteiger partial charge in [-0.2, -0.15) is 0 Å². The Kier molecular flexibility index (Phi) is 4.49. The van der Waals surface area contributed by atoms with Gasteiger partial charge >= 0.3 is 0 Å². The largest absolute Gasteiger partial charge is 0.508 e. The van der Waals surface area contributed by atoms with Crippen molar-refractivity contribution in [2.45, 2.75) is 25.3 Å². The maximum absolute atomic E-state index is 12.6. The quantitative estimate of drug-likeness (QED) is 0.874. The van der Waals surface area contributed by atoms with Gasteiger partial charge in [-0.25, -0.2) is 0 Å². The number of benzene rings is 1. The van der Waals surface area contributed by atoms with Gasteiger partial charge in [0, 0.05) is 13.6 Å². The minimum Gasteiger partial charge on any atom is -0.508 e. The van der Waals surface area contributed by atoms with Crippen molar-refractivity contribution in [3.8, 4) is 5.75 Å². The van der Waals surface area contributed by atoms with E-state index in [2.05, 4.69) is 5.32 Å². The lowest BCUT2D eigenvalue weighted by molar-refractivity contribution is -0.126. The number of hydrogen-bond acceptors (Lipinski definition) is 3. The van der Waals surface area contributed by atoms with Crippen molar-refractivity contribution in [1.82, 2.24) is 10.2 Å². The third kappa shape index (κ3) is 2.88. The van der Waals surface area contributed by atoms with Crippen LogP contribution in [0.5, 0.6) is 5.75 Å². The van der Waals surface area contributed by atoms with Crippen LogP contribution in [0.25, 0.3) is 0 Å². The fourth-order valence-electron chi connectivity index (χ4n) is 2.45. The average molecular weight is 297 g/mol. The molecule has 0 saturated carbocycles. The highest BCUT2D eigenvalue weighted by atomic mass is 35.5. The Hall–Kier alpha value is -1.75. The molecule has 0 spiro atoms. The molecule has 1 unspecified atom stereocenters. The van der Waals surface area contributed by atoms with E-state index in [1.807, 2.05) is 0 Å². The summed E-state index contributed by atoms with van der Waals surface area (Å²) < 4.78 is 0. The molecular weight excluding hydrogens is 280 g/mol. The van der Waals surface area contributed by atoms with Gasteiger partial charge in [0.25, 0.3) is 5.91 Å². The molecule has 1 aliphatic rings. The highest BCUT2D eigenvalue weighted by molar-refractivity contribution is 6.34. The fourth-order valence-corrected chi connectivity index (χ4v) is 2.64. The zero-order valence-corrected chi connectivity index (χ0v) is 12.0. The van der Waals surface area contributed by atoms with Crippen molar-refractivity contribution in [1.29, 1.82) is 0 Å².